The van der Waals surface area contributed by atoms with E-state index in [2.05, 4.69) is 53.0 Å². The lowest BCUT2D eigenvalue weighted by molar-refractivity contribution is 0.296. The van der Waals surface area contributed by atoms with E-state index < -0.39 is 0 Å². The molecule has 0 saturated carbocycles. The van der Waals surface area contributed by atoms with E-state index in [0.29, 0.717) is 0 Å². The molecule has 0 aromatic heterocycles. The summed E-state index contributed by atoms with van der Waals surface area (Å²) in [4.78, 5) is 2.37. The first-order chi connectivity index (χ1) is 8.65. The minimum atomic E-state index is 0.789. The lowest BCUT2D eigenvalue weighted by Crippen LogP contribution is -2.20. The van der Waals surface area contributed by atoms with Gasteiger partial charge in [-0.25, -0.2) is 0 Å². The maximum absolute atomic E-state index is 5.24. The Morgan fingerprint density at radius 1 is 1.33 bits per heavy atom. The van der Waals surface area contributed by atoms with Crippen LogP contribution in [0.2, 0.25) is 0 Å². The van der Waals surface area contributed by atoms with Crippen LogP contribution in [0.5, 0.6) is 5.75 Å². The Kier molecular flexibility index (Phi) is 7.36. The SMILES string of the molecule is COc1cccc(CN(C)CCC(C)CCBr)c1. The lowest BCUT2D eigenvalue weighted by atomic mass is 10.1. The second-order valence-electron chi connectivity index (χ2n) is 4.96. The second kappa shape index (κ2) is 8.54. The molecular weight excluding hydrogens is 290 g/mol. The van der Waals surface area contributed by atoms with Gasteiger partial charge in [0, 0.05) is 11.9 Å². The maximum Gasteiger partial charge on any atom is 0.119 e. The molecule has 102 valence electrons. The summed E-state index contributed by atoms with van der Waals surface area (Å²) < 4.78 is 5.24. The van der Waals surface area contributed by atoms with Crippen molar-refractivity contribution in [2.45, 2.75) is 26.3 Å². The average molecular weight is 314 g/mol. The fourth-order valence-corrected chi connectivity index (χ4v) is 2.71. The molecule has 1 aromatic carbocycles. The van der Waals surface area contributed by atoms with Crippen LogP contribution in [-0.4, -0.2) is 30.9 Å². The fraction of sp³-hybridized carbons (Fsp3) is 0.600. The molecule has 1 aromatic rings. The Hall–Kier alpha value is -0.540. The highest BCUT2D eigenvalue weighted by atomic mass is 79.9. The van der Waals surface area contributed by atoms with Crippen molar-refractivity contribution < 1.29 is 4.74 Å². The quantitative estimate of drug-likeness (QED) is 0.674. The van der Waals surface area contributed by atoms with Gasteiger partial charge in [0.25, 0.3) is 0 Å². The number of benzene rings is 1. The average Bonchev–Trinajstić information content (AvgIpc) is 2.37. The summed E-state index contributed by atoms with van der Waals surface area (Å²) in [6.07, 6.45) is 2.51. The van der Waals surface area contributed by atoms with E-state index in [1.54, 1.807) is 7.11 Å². The van der Waals surface area contributed by atoms with Crippen molar-refractivity contribution in [1.29, 1.82) is 0 Å². The van der Waals surface area contributed by atoms with Crippen LogP contribution in [0, 0.1) is 5.92 Å². The first kappa shape index (κ1) is 15.5. The summed E-state index contributed by atoms with van der Waals surface area (Å²) in [5.74, 6) is 1.73. The number of halogens is 1. The zero-order chi connectivity index (χ0) is 13.4. The largest absolute Gasteiger partial charge is 0.497 e. The third-order valence-electron chi connectivity index (χ3n) is 3.19. The Morgan fingerprint density at radius 2 is 2.11 bits per heavy atom. The van der Waals surface area contributed by atoms with Crippen LogP contribution in [0.25, 0.3) is 0 Å². The Bertz CT molecular complexity index is 343. The lowest BCUT2D eigenvalue weighted by Gasteiger charge is -2.19. The van der Waals surface area contributed by atoms with Crippen LogP contribution in [-0.2, 0) is 6.54 Å². The zero-order valence-corrected chi connectivity index (χ0v) is 13.2. The van der Waals surface area contributed by atoms with Gasteiger partial charge >= 0.3 is 0 Å². The number of methoxy groups -OCH3 is 1. The molecule has 0 amide bonds. The van der Waals surface area contributed by atoms with Crippen molar-refractivity contribution in [3.63, 3.8) is 0 Å². The molecule has 0 aliphatic rings. The minimum Gasteiger partial charge on any atom is -0.497 e. The van der Waals surface area contributed by atoms with E-state index in [9.17, 15) is 0 Å². The van der Waals surface area contributed by atoms with Crippen molar-refractivity contribution in [3.05, 3.63) is 29.8 Å². The molecule has 0 radical (unpaired) electrons. The summed E-state index contributed by atoms with van der Waals surface area (Å²) in [6.45, 7) is 4.45. The second-order valence-corrected chi connectivity index (χ2v) is 5.75. The highest BCUT2D eigenvalue weighted by Crippen LogP contribution is 2.15. The molecule has 0 heterocycles. The molecule has 2 nitrogen and oxygen atoms in total. The summed E-state index contributed by atoms with van der Waals surface area (Å²) in [6, 6.07) is 8.30. The fourth-order valence-electron chi connectivity index (χ4n) is 1.93. The van der Waals surface area contributed by atoms with Crippen LogP contribution >= 0.6 is 15.9 Å². The number of hydrogen-bond donors (Lipinski definition) is 0. The van der Waals surface area contributed by atoms with Gasteiger partial charge in [0.05, 0.1) is 7.11 Å². The van der Waals surface area contributed by atoms with E-state index in [-0.39, 0.29) is 0 Å². The highest BCUT2D eigenvalue weighted by Gasteiger charge is 2.05. The molecule has 0 N–H and O–H groups in total. The van der Waals surface area contributed by atoms with Crippen molar-refractivity contribution in [1.82, 2.24) is 4.90 Å². The third kappa shape index (κ3) is 5.87. The van der Waals surface area contributed by atoms with Crippen LogP contribution in [0.15, 0.2) is 24.3 Å². The molecular formula is C15H24BrNO. The summed E-state index contributed by atoms with van der Waals surface area (Å²) in [5, 5.41) is 1.10. The molecule has 0 aliphatic heterocycles. The van der Waals surface area contributed by atoms with Gasteiger partial charge in [-0.1, -0.05) is 35.0 Å². The Balaban J connectivity index is 2.36. The van der Waals surface area contributed by atoms with Crippen LogP contribution in [0.1, 0.15) is 25.3 Å². The van der Waals surface area contributed by atoms with E-state index in [4.69, 9.17) is 4.74 Å². The number of hydrogen-bond acceptors (Lipinski definition) is 2. The van der Waals surface area contributed by atoms with Gasteiger partial charge in [0.1, 0.15) is 5.75 Å². The minimum absolute atomic E-state index is 0.789. The summed E-state index contributed by atoms with van der Waals surface area (Å²) >= 11 is 3.50. The van der Waals surface area contributed by atoms with Gasteiger partial charge in [0.15, 0.2) is 0 Å². The van der Waals surface area contributed by atoms with Crippen LogP contribution < -0.4 is 4.74 Å². The van der Waals surface area contributed by atoms with E-state index in [1.165, 1.54) is 18.4 Å². The summed E-state index contributed by atoms with van der Waals surface area (Å²) in [7, 11) is 3.89. The van der Waals surface area contributed by atoms with Gasteiger partial charge in [0.2, 0.25) is 0 Å². The number of ether oxygens (including phenoxy) is 1. The molecule has 18 heavy (non-hydrogen) atoms. The topological polar surface area (TPSA) is 12.5 Å². The van der Waals surface area contributed by atoms with Crippen LogP contribution in [0.4, 0.5) is 0 Å². The third-order valence-corrected chi connectivity index (χ3v) is 3.65. The van der Waals surface area contributed by atoms with E-state index in [1.807, 2.05) is 6.07 Å². The molecule has 0 saturated heterocycles. The smallest absolute Gasteiger partial charge is 0.119 e. The molecule has 0 spiro atoms. The number of rotatable bonds is 8. The summed E-state index contributed by atoms with van der Waals surface area (Å²) in [5.41, 5.74) is 1.31. The first-order valence-corrected chi connectivity index (χ1v) is 7.65. The monoisotopic (exact) mass is 313 g/mol. The zero-order valence-electron chi connectivity index (χ0n) is 11.7. The Labute approximate surface area is 119 Å². The van der Waals surface area contributed by atoms with E-state index >= 15 is 0 Å². The van der Waals surface area contributed by atoms with E-state index in [0.717, 1.165) is 30.1 Å². The molecule has 0 fully saturated rings. The van der Waals surface area contributed by atoms with Crippen molar-refractivity contribution in [3.8, 4) is 5.75 Å². The van der Waals surface area contributed by atoms with Crippen molar-refractivity contribution in [2.75, 3.05) is 26.0 Å². The molecule has 1 atom stereocenters. The molecule has 1 unspecified atom stereocenters. The standard InChI is InChI=1S/C15H24BrNO/c1-13(7-9-16)8-10-17(2)12-14-5-4-6-15(11-14)18-3/h4-6,11,13H,7-10,12H2,1-3H3. The molecule has 3 heteroatoms. The predicted molar refractivity (Wildman–Crippen MR) is 81.5 cm³/mol. The van der Waals surface area contributed by atoms with Crippen molar-refractivity contribution >= 4 is 15.9 Å². The first-order valence-electron chi connectivity index (χ1n) is 6.53. The number of nitrogens with zero attached hydrogens (tertiary/aromatic N) is 1. The van der Waals surface area contributed by atoms with Gasteiger partial charge in [-0.05, 0) is 50.0 Å². The molecule has 0 bridgehead atoms. The molecule has 0 aliphatic carbocycles. The van der Waals surface area contributed by atoms with Gasteiger partial charge < -0.3 is 9.64 Å². The van der Waals surface area contributed by atoms with Crippen molar-refractivity contribution in [2.24, 2.45) is 5.92 Å². The van der Waals surface area contributed by atoms with Crippen LogP contribution in [0.3, 0.4) is 0 Å². The van der Waals surface area contributed by atoms with Gasteiger partial charge in [-0.15, -0.1) is 0 Å². The van der Waals surface area contributed by atoms with Gasteiger partial charge in [-0.3, -0.25) is 0 Å². The maximum atomic E-state index is 5.24. The highest BCUT2D eigenvalue weighted by molar-refractivity contribution is 9.09. The van der Waals surface area contributed by atoms with Gasteiger partial charge in [-0.2, -0.15) is 0 Å². The predicted octanol–water partition coefficient (Wildman–Crippen LogP) is 3.94. The Morgan fingerprint density at radius 3 is 2.78 bits per heavy atom. The molecule has 1 rings (SSSR count). The normalized spacial score (nSPS) is 12.7. The number of alkyl halides is 1.